The lowest BCUT2D eigenvalue weighted by Gasteiger charge is -2.13. The van der Waals surface area contributed by atoms with Crippen molar-refractivity contribution in [1.82, 2.24) is 10.3 Å². The van der Waals surface area contributed by atoms with Gasteiger partial charge in [0.05, 0.1) is 10.7 Å². The predicted octanol–water partition coefficient (Wildman–Crippen LogP) is 4.39. The highest BCUT2D eigenvalue weighted by atomic mass is 35.5. The van der Waals surface area contributed by atoms with Crippen molar-refractivity contribution in [3.63, 3.8) is 0 Å². The van der Waals surface area contributed by atoms with Gasteiger partial charge in [-0.15, -0.1) is 11.3 Å². The highest BCUT2D eigenvalue weighted by Gasteiger charge is 2.23. The summed E-state index contributed by atoms with van der Waals surface area (Å²) in [6, 6.07) is 15.3. The molecule has 8 heteroatoms. The predicted molar refractivity (Wildman–Crippen MR) is 107 cm³/mol. The maximum absolute atomic E-state index is 12.0. The number of hydrogen-bond donors (Lipinski definition) is 2. The van der Waals surface area contributed by atoms with Crippen molar-refractivity contribution in [1.29, 1.82) is 0 Å². The molecule has 1 aromatic heterocycles. The van der Waals surface area contributed by atoms with Crippen LogP contribution < -0.4 is 5.32 Å². The molecule has 1 unspecified atom stereocenters. The van der Waals surface area contributed by atoms with Crippen LogP contribution in [0.5, 0.6) is 0 Å². The average Bonchev–Trinajstić information content (AvgIpc) is 3.15. The van der Waals surface area contributed by atoms with E-state index >= 15 is 0 Å². The molecule has 0 aliphatic heterocycles. The number of halogens is 1. The molecule has 144 valence electrons. The summed E-state index contributed by atoms with van der Waals surface area (Å²) in [6.07, 6.45) is -0.755. The van der Waals surface area contributed by atoms with Gasteiger partial charge < -0.3 is 15.2 Å². The van der Waals surface area contributed by atoms with Gasteiger partial charge in [0.2, 0.25) is 0 Å². The SMILES string of the molecule is O=C(NC(Cc1csc(-c2ccccc2Cl)n1)C(=O)O)OCc1ccccc1. The summed E-state index contributed by atoms with van der Waals surface area (Å²) in [5.41, 5.74) is 2.15. The number of carboxylic acid groups (broad SMARTS) is 1. The van der Waals surface area contributed by atoms with Gasteiger partial charge in [-0.05, 0) is 11.6 Å². The first kappa shape index (κ1) is 19.9. The van der Waals surface area contributed by atoms with Crippen LogP contribution in [-0.2, 0) is 22.6 Å². The molecule has 1 heterocycles. The van der Waals surface area contributed by atoms with E-state index < -0.39 is 18.1 Å². The van der Waals surface area contributed by atoms with Crippen LogP contribution in [0.2, 0.25) is 5.02 Å². The maximum Gasteiger partial charge on any atom is 0.408 e. The lowest BCUT2D eigenvalue weighted by Crippen LogP contribution is -2.42. The molecule has 1 amide bonds. The number of aliphatic carboxylic acids is 1. The number of aromatic nitrogens is 1. The molecule has 1 atom stereocenters. The molecule has 0 spiro atoms. The highest BCUT2D eigenvalue weighted by molar-refractivity contribution is 7.13. The van der Waals surface area contributed by atoms with Gasteiger partial charge in [0, 0.05) is 17.4 Å². The van der Waals surface area contributed by atoms with Crippen LogP contribution in [-0.4, -0.2) is 28.2 Å². The van der Waals surface area contributed by atoms with E-state index in [0.29, 0.717) is 15.7 Å². The summed E-state index contributed by atoms with van der Waals surface area (Å²) in [5.74, 6) is -1.16. The van der Waals surface area contributed by atoms with Crippen LogP contribution in [0.3, 0.4) is 0 Å². The number of carbonyl (C=O) groups is 2. The van der Waals surface area contributed by atoms with Gasteiger partial charge in [0.1, 0.15) is 17.7 Å². The Balaban J connectivity index is 1.61. The quantitative estimate of drug-likeness (QED) is 0.596. The zero-order chi connectivity index (χ0) is 19.9. The molecule has 0 radical (unpaired) electrons. The first-order chi connectivity index (χ1) is 13.5. The minimum Gasteiger partial charge on any atom is -0.480 e. The monoisotopic (exact) mass is 416 g/mol. The number of thiazole rings is 1. The van der Waals surface area contributed by atoms with Crippen molar-refractivity contribution in [2.45, 2.75) is 19.1 Å². The lowest BCUT2D eigenvalue weighted by molar-refractivity contribution is -0.139. The number of amides is 1. The summed E-state index contributed by atoms with van der Waals surface area (Å²) in [5, 5.41) is 14.8. The fraction of sp³-hybridized carbons (Fsp3) is 0.150. The summed E-state index contributed by atoms with van der Waals surface area (Å²) in [4.78, 5) is 27.9. The van der Waals surface area contributed by atoms with E-state index in [1.54, 1.807) is 11.4 Å². The van der Waals surface area contributed by atoms with Crippen molar-refractivity contribution < 1.29 is 19.4 Å². The van der Waals surface area contributed by atoms with Gasteiger partial charge in [-0.3, -0.25) is 0 Å². The second kappa shape index (κ2) is 9.34. The van der Waals surface area contributed by atoms with Crippen LogP contribution in [0.25, 0.3) is 10.6 Å². The second-order valence-corrected chi connectivity index (χ2v) is 7.19. The summed E-state index contributed by atoms with van der Waals surface area (Å²) < 4.78 is 5.09. The Hall–Kier alpha value is -2.90. The molecule has 2 N–H and O–H groups in total. The minimum absolute atomic E-state index is 0.0384. The Morgan fingerprint density at radius 3 is 2.57 bits per heavy atom. The first-order valence-corrected chi connectivity index (χ1v) is 9.68. The van der Waals surface area contributed by atoms with Gasteiger partial charge in [-0.1, -0.05) is 60.1 Å². The average molecular weight is 417 g/mol. The van der Waals surface area contributed by atoms with Crippen LogP contribution in [0.1, 0.15) is 11.3 Å². The third-order valence-corrected chi connectivity index (χ3v) is 5.13. The van der Waals surface area contributed by atoms with Gasteiger partial charge in [0.15, 0.2) is 0 Å². The Kier molecular flexibility index (Phi) is 6.62. The molecule has 0 fully saturated rings. The lowest BCUT2D eigenvalue weighted by atomic mass is 10.1. The van der Waals surface area contributed by atoms with Crippen LogP contribution in [0, 0.1) is 0 Å². The van der Waals surface area contributed by atoms with Crippen molar-refractivity contribution in [3.8, 4) is 10.6 Å². The van der Waals surface area contributed by atoms with Crippen LogP contribution in [0.15, 0.2) is 60.0 Å². The van der Waals surface area contributed by atoms with Gasteiger partial charge in [0.25, 0.3) is 0 Å². The van der Waals surface area contributed by atoms with Crippen LogP contribution in [0.4, 0.5) is 4.79 Å². The van der Waals surface area contributed by atoms with E-state index in [4.69, 9.17) is 16.3 Å². The van der Waals surface area contributed by atoms with Crippen molar-refractivity contribution in [2.24, 2.45) is 0 Å². The smallest absolute Gasteiger partial charge is 0.408 e. The number of alkyl carbamates (subject to hydrolysis) is 1. The number of hydrogen-bond acceptors (Lipinski definition) is 5. The van der Waals surface area contributed by atoms with E-state index in [-0.39, 0.29) is 13.0 Å². The number of ether oxygens (including phenoxy) is 1. The number of nitrogens with zero attached hydrogens (tertiary/aromatic N) is 1. The van der Waals surface area contributed by atoms with E-state index in [1.165, 1.54) is 11.3 Å². The Morgan fingerprint density at radius 2 is 1.86 bits per heavy atom. The number of nitrogens with one attached hydrogen (secondary N) is 1. The molecule has 6 nitrogen and oxygen atoms in total. The van der Waals surface area contributed by atoms with E-state index in [9.17, 15) is 14.7 Å². The van der Waals surface area contributed by atoms with E-state index in [2.05, 4.69) is 10.3 Å². The topological polar surface area (TPSA) is 88.5 Å². The van der Waals surface area contributed by atoms with E-state index in [0.717, 1.165) is 11.1 Å². The number of carbonyl (C=O) groups excluding carboxylic acids is 1. The third-order valence-electron chi connectivity index (χ3n) is 3.87. The van der Waals surface area contributed by atoms with E-state index in [1.807, 2.05) is 48.5 Å². The van der Waals surface area contributed by atoms with Crippen molar-refractivity contribution in [3.05, 3.63) is 76.3 Å². The second-order valence-electron chi connectivity index (χ2n) is 5.92. The summed E-state index contributed by atoms with van der Waals surface area (Å²) >= 11 is 7.54. The summed E-state index contributed by atoms with van der Waals surface area (Å²) in [7, 11) is 0. The molecule has 0 saturated carbocycles. The van der Waals surface area contributed by atoms with Crippen LogP contribution >= 0.6 is 22.9 Å². The number of carboxylic acids is 1. The molecule has 0 aliphatic rings. The molecule has 28 heavy (non-hydrogen) atoms. The fourth-order valence-corrected chi connectivity index (χ4v) is 3.63. The molecular formula is C20H17ClN2O4S. The first-order valence-electron chi connectivity index (χ1n) is 8.42. The standard InChI is InChI=1S/C20H17ClN2O4S/c21-16-9-5-4-8-15(16)18-22-14(12-28-18)10-17(19(24)25)23-20(26)27-11-13-6-2-1-3-7-13/h1-9,12,17H,10-11H2,(H,23,26)(H,24,25). The van der Waals surface area contributed by atoms with Crippen molar-refractivity contribution >= 4 is 35.0 Å². The zero-order valence-electron chi connectivity index (χ0n) is 14.7. The molecule has 0 saturated heterocycles. The van der Waals surface area contributed by atoms with Gasteiger partial charge in [-0.25, -0.2) is 14.6 Å². The normalized spacial score (nSPS) is 11.6. The highest BCUT2D eigenvalue weighted by Crippen LogP contribution is 2.30. The van der Waals surface area contributed by atoms with Gasteiger partial charge in [-0.2, -0.15) is 0 Å². The van der Waals surface area contributed by atoms with Crippen molar-refractivity contribution in [2.75, 3.05) is 0 Å². The third kappa shape index (κ3) is 5.31. The molecule has 2 aromatic carbocycles. The zero-order valence-corrected chi connectivity index (χ0v) is 16.2. The largest absolute Gasteiger partial charge is 0.480 e. The maximum atomic E-state index is 12.0. The van der Waals surface area contributed by atoms with Gasteiger partial charge >= 0.3 is 12.1 Å². The number of rotatable bonds is 7. The Bertz CT molecular complexity index is 962. The fourth-order valence-electron chi connectivity index (χ4n) is 2.48. The minimum atomic E-state index is -1.16. The Morgan fingerprint density at radius 1 is 1.14 bits per heavy atom. The molecule has 0 aliphatic carbocycles. The molecule has 3 aromatic rings. The number of benzene rings is 2. The molecule has 3 rings (SSSR count). The summed E-state index contributed by atoms with van der Waals surface area (Å²) in [6.45, 7) is 0.0619. The Labute approximate surface area is 170 Å². The molecular weight excluding hydrogens is 400 g/mol. The molecule has 0 bridgehead atoms.